The van der Waals surface area contributed by atoms with E-state index >= 15 is 0 Å². The number of nitrogens with zero attached hydrogens (tertiary/aromatic N) is 1. The predicted octanol–water partition coefficient (Wildman–Crippen LogP) is 4.68. The Morgan fingerprint density at radius 2 is 1.73 bits per heavy atom. The molecule has 37 heavy (non-hydrogen) atoms. The minimum atomic E-state index is -1.80. The third kappa shape index (κ3) is 4.98. The van der Waals surface area contributed by atoms with Crippen molar-refractivity contribution in [1.29, 1.82) is 0 Å². The average Bonchev–Trinajstić information content (AvgIpc) is 2.87. The summed E-state index contributed by atoms with van der Waals surface area (Å²) >= 11 is 12.0. The number of halogens is 2. The zero-order chi connectivity index (χ0) is 26.3. The van der Waals surface area contributed by atoms with Crippen molar-refractivity contribution in [2.24, 2.45) is 0 Å². The molecule has 192 valence electrons. The molecule has 3 aromatic rings. The molecule has 0 aliphatic carbocycles. The van der Waals surface area contributed by atoms with Crippen LogP contribution in [0.3, 0.4) is 0 Å². The second-order valence-electron chi connectivity index (χ2n) is 8.77. The number of hydrogen-bond donors (Lipinski definition) is 3. The van der Waals surface area contributed by atoms with Gasteiger partial charge in [0.25, 0.3) is 5.79 Å². The Labute approximate surface area is 221 Å². The van der Waals surface area contributed by atoms with Gasteiger partial charge in [-0.15, -0.1) is 0 Å². The first-order valence-corrected chi connectivity index (χ1v) is 12.0. The monoisotopic (exact) mass is 545 g/mol. The Morgan fingerprint density at radius 3 is 2.41 bits per heavy atom. The highest BCUT2D eigenvalue weighted by molar-refractivity contribution is 6.42. The van der Waals surface area contributed by atoms with E-state index in [9.17, 15) is 24.9 Å². The normalized spacial score (nSPS) is 20.2. The summed E-state index contributed by atoms with van der Waals surface area (Å²) in [6, 6.07) is 13.9. The standard InChI is InChI=1S/C26H21Cl2NO8/c27-19-6-1-14(7-20(19)28)12-35-18-4-2-17(3-5-18)26(34)13-36-22-9-15-8-21(24(30)31)29(25(32)33)11-16(15)10-23(22)37-26/h1-7,9-10,21,34H,8,11-13H2,(H,30,31)(H,32,33)/t21?,26-/m1/s1. The first kappa shape index (κ1) is 25.0. The summed E-state index contributed by atoms with van der Waals surface area (Å²) in [5.41, 5.74) is 2.51. The molecule has 5 rings (SSSR count). The number of rotatable bonds is 5. The van der Waals surface area contributed by atoms with Gasteiger partial charge in [-0.1, -0.05) is 29.3 Å². The van der Waals surface area contributed by atoms with Crippen molar-refractivity contribution in [2.75, 3.05) is 6.61 Å². The number of aliphatic hydroxyl groups is 1. The maximum atomic E-state index is 11.6. The number of ether oxygens (including phenoxy) is 3. The molecule has 0 saturated heterocycles. The average molecular weight is 546 g/mol. The Hall–Kier alpha value is -3.66. The molecule has 2 aliphatic rings. The topological polar surface area (TPSA) is 126 Å². The van der Waals surface area contributed by atoms with Gasteiger partial charge in [0, 0.05) is 12.0 Å². The molecule has 0 bridgehead atoms. The SMILES string of the molecule is O=C(O)C1Cc2cc3c(cc2CN1C(=O)O)O[C@@](O)(c1ccc(OCc2ccc(Cl)c(Cl)c2)cc1)CO3. The van der Waals surface area contributed by atoms with Crippen LogP contribution in [-0.2, 0) is 30.2 Å². The minimum Gasteiger partial charge on any atom is -0.489 e. The molecule has 1 amide bonds. The third-order valence-corrected chi connectivity index (χ3v) is 7.06. The molecule has 3 N–H and O–H groups in total. The van der Waals surface area contributed by atoms with E-state index in [2.05, 4.69) is 0 Å². The second-order valence-corrected chi connectivity index (χ2v) is 9.59. The van der Waals surface area contributed by atoms with E-state index in [1.807, 2.05) is 6.07 Å². The molecule has 9 nitrogen and oxygen atoms in total. The quantitative estimate of drug-likeness (QED) is 0.422. The van der Waals surface area contributed by atoms with Gasteiger partial charge in [0.15, 0.2) is 18.1 Å². The van der Waals surface area contributed by atoms with Gasteiger partial charge in [-0.2, -0.15) is 0 Å². The molecule has 0 spiro atoms. The number of fused-ring (bicyclic) bond motifs is 2. The van der Waals surface area contributed by atoms with Crippen LogP contribution in [-0.4, -0.2) is 44.9 Å². The van der Waals surface area contributed by atoms with Crippen LogP contribution >= 0.6 is 23.2 Å². The molecular weight excluding hydrogens is 525 g/mol. The van der Waals surface area contributed by atoms with Crippen molar-refractivity contribution in [1.82, 2.24) is 4.90 Å². The maximum absolute atomic E-state index is 11.6. The van der Waals surface area contributed by atoms with Gasteiger partial charge in [0.2, 0.25) is 0 Å². The molecule has 2 atom stereocenters. The number of carboxylic acid groups (broad SMARTS) is 2. The van der Waals surface area contributed by atoms with Gasteiger partial charge < -0.3 is 29.5 Å². The second kappa shape index (κ2) is 9.66. The van der Waals surface area contributed by atoms with E-state index in [-0.39, 0.29) is 31.9 Å². The number of carboxylic acids is 1. The van der Waals surface area contributed by atoms with Crippen LogP contribution < -0.4 is 14.2 Å². The first-order chi connectivity index (χ1) is 17.6. The van der Waals surface area contributed by atoms with Crippen LogP contribution in [0.5, 0.6) is 17.2 Å². The lowest BCUT2D eigenvalue weighted by Crippen LogP contribution is -2.48. The van der Waals surface area contributed by atoms with E-state index in [4.69, 9.17) is 37.4 Å². The lowest BCUT2D eigenvalue weighted by atomic mass is 9.93. The summed E-state index contributed by atoms with van der Waals surface area (Å²) < 4.78 is 17.5. The van der Waals surface area contributed by atoms with Gasteiger partial charge in [0.1, 0.15) is 18.4 Å². The molecule has 0 fully saturated rings. The maximum Gasteiger partial charge on any atom is 0.408 e. The van der Waals surface area contributed by atoms with Crippen molar-refractivity contribution < 1.29 is 39.1 Å². The number of aliphatic carboxylic acids is 1. The zero-order valence-corrected chi connectivity index (χ0v) is 20.7. The van der Waals surface area contributed by atoms with E-state index < -0.39 is 23.9 Å². The molecule has 0 aromatic heterocycles. The summed E-state index contributed by atoms with van der Waals surface area (Å²) in [5, 5.41) is 31.0. The van der Waals surface area contributed by atoms with Crippen molar-refractivity contribution >= 4 is 35.3 Å². The van der Waals surface area contributed by atoms with Gasteiger partial charge >= 0.3 is 12.1 Å². The zero-order valence-electron chi connectivity index (χ0n) is 19.2. The van der Waals surface area contributed by atoms with E-state index in [1.165, 1.54) is 0 Å². The fraction of sp³-hybridized carbons (Fsp3) is 0.231. The highest BCUT2D eigenvalue weighted by Gasteiger charge is 2.40. The third-order valence-electron chi connectivity index (χ3n) is 6.32. The van der Waals surface area contributed by atoms with Crippen LogP contribution in [0, 0.1) is 0 Å². The van der Waals surface area contributed by atoms with Crippen LogP contribution in [0.1, 0.15) is 22.3 Å². The molecule has 1 unspecified atom stereocenters. The van der Waals surface area contributed by atoms with E-state index in [0.717, 1.165) is 10.5 Å². The Balaban J connectivity index is 1.31. The van der Waals surface area contributed by atoms with E-state index in [0.29, 0.717) is 38.2 Å². The van der Waals surface area contributed by atoms with Crippen LogP contribution in [0.25, 0.3) is 0 Å². The Kier molecular flexibility index (Phi) is 6.53. The summed E-state index contributed by atoms with van der Waals surface area (Å²) in [6.45, 7) is -0.0534. The minimum absolute atomic E-state index is 0.00155. The predicted molar refractivity (Wildman–Crippen MR) is 132 cm³/mol. The van der Waals surface area contributed by atoms with Crippen molar-refractivity contribution in [3.8, 4) is 17.2 Å². The van der Waals surface area contributed by atoms with Crippen molar-refractivity contribution in [3.63, 3.8) is 0 Å². The Morgan fingerprint density at radius 1 is 1.00 bits per heavy atom. The van der Waals surface area contributed by atoms with Crippen molar-refractivity contribution in [2.45, 2.75) is 31.4 Å². The van der Waals surface area contributed by atoms with Gasteiger partial charge in [-0.25, -0.2) is 9.59 Å². The molecular formula is C26H21Cl2NO8. The number of amides is 1. The smallest absolute Gasteiger partial charge is 0.408 e. The fourth-order valence-corrected chi connectivity index (χ4v) is 4.67. The lowest BCUT2D eigenvalue weighted by Gasteiger charge is -2.37. The van der Waals surface area contributed by atoms with Gasteiger partial charge in [-0.05, 0) is 65.2 Å². The van der Waals surface area contributed by atoms with Crippen LogP contribution in [0.2, 0.25) is 10.0 Å². The molecule has 2 heterocycles. The highest BCUT2D eigenvalue weighted by atomic mass is 35.5. The Bertz CT molecular complexity index is 1380. The fourth-order valence-electron chi connectivity index (χ4n) is 4.34. The number of carbonyl (C=O) groups is 2. The van der Waals surface area contributed by atoms with E-state index in [1.54, 1.807) is 48.5 Å². The molecule has 11 heteroatoms. The number of hydrogen-bond acceptors (Lipinski definition) is 6. The van der Waals surface area contributed by atoms with Crippen LogP contribution in [0.15, 0.2) is 54.6 Å². The molecule has 0 radical (unpaired) electrons. The van der Waals surface area contributed by atoms with Crippen molar-refractivity contribution in [3.05, 3.63) is 86.9 Å². The molecule has 2 aliphatic heterocycles. The molecule has 3 aromatic carbocycles. The largest absolute Gasteiger partial charge is 0.489 e. The summed E-state index contributed by atoms with van der Waals surface area (Å²) in [7, 11) is 0. The highest BCUT2D eigenvalue weighted by Crippen LogP contribution is 2.42. The summed E-state index contributed by atoms with van der Waals surface area (Å²) in [4.78, 5) is 24.0. The van der Waals surface area contributed by atoms with Gasteiger partial charge in [0.05, 0.1) is 16.6 Å². The molecule has 0 saturated carbocycles. The lowest BCUT2D eigenvalue weighted by molar-refractivity contribution is -0.182. The van der Waals surface area contributed by atoms with Gasteiger partial charge in [-0.3, -0.25) is 4.90 Å². The summed E-state index contributed by atoms with van der Waals surface area (Å²) in [5.74, 6) is -1.88. The summed E-state index contributed by atoms with van der Waals surface area (Å²) in [6.07, 6.45) is -1.33. The number of benzene rings is 3. The first-order valence-electron chi connectivity index (χ1n) is 11.2. The van der Waals surface area contributed by atoms with Crippen LogP contribution in [0.4, 0.5) is 4.79 Å².